The fraction of sp³-hybridized carbons (Fsp3) is 0.500. The maximum atomic E-state index is 13.7. The van der Waals surface area contributed by atoms with Crippen LogP contribution in [0.5, 0.6) is 0 Å². The van der Waals surface area contributed by atoms with Gasteiger partial charge in [0.05, 0.1) is 19.3 Å². The summed E-state index contributed by atoms with van der Waals surface area (Å²) in [6.07, 6.45) is 3.41. The lowest BCUT2D eigenvalue weighted by Crippen LogP contribution is -2.24. The van der Waals surface area contributed by atoms with Crippen LogP contribution in [0.3, 0.4) is 0 Å². The van der Waals surface area contributed by atoms with Gasteiger partial charge in [-0.3, -0.25) is 5.41 Å². The predicted octanol–water partition coefficient (Wildman–Crippen LogP) is 2.20. The number of nitrogen functional groups attached to an aromatic ring is 1. The highest BCUT2D eigenvalue weighted by Gasteiger charge is 2.14. The molecule has 1 saturated heterocycles. The van der Waals surface area contributed by atoms with E-state index in [1.54, 1.807) is 12.1 Å². The van der Waals surface area contributed by atoms with Crippen LogP contribution in [0.25, 0.3) is 0 Å². The van der Waals surface area contributed by atoms with Gasteiger partial charge in [0.2, 0.25) is 0 Å². The van der Waals surface area contributed by atoms with E-state index in [0.29, 0.717) is 17.7 Å². The molecule has 0 aliphatic carbocycles. The van der Waals surface area contributed by atoms with Crippen molar-refractivity contribution in [1.82, 2.24) is 0 Å². The van der Waals surface area contributed by atoms with E-state index >= 15 is 0 Å². The summed E-state index contributed by atoms with van der Waals surface area (Å²) >= 11 is 0. The Hall–Kier alpha value is -1.46. The molecule has 0 radical (unpaired) electrons. The van der Waals surface area contributed by atoms with E-state index in [1.165, 1.54) is 6.07 Å². The van der Waals surface area contributed by atoms with Crippen molar-refractivity contribution < 1.29 is 13.9 Å². The molecule has 2 rings (SSSR count). The van der Waals surface area contributed by atoms with Crippen LogP contribution in [0.4, 0.5) is 4.39 Å². The predicted molar refractivity (Wildman–Crippen MR) is 70.7 cm³/mol. The standard InChI is InChI=1S/C14H19FN2O2/c15-13-7-10(14(16)17)4-5-11(13)8-18-9-12-3-1-2-6-19-12/h4-5,7,12H,1-3,6,8-9H2,(H3,16,17). The molecule has 1 aliphatic heterocycles. The van der Waals surface area contributed by atoms with Crippen molar-refractivity contribution in [2.45, 2.75) is 32.0 Å². The first-order chi connectivity index (χ1) is 9.16. The van der Waals surface area contributed by atoms with Gasteiger partial charge in [0.15, 0.2) is 0 Å². The molecule has 5 heteroatoms. The highest BCUT2D eigenvalue weighted by molar-refractivity contribution is 5.94. The number of hydrogen-bond donors (Lipinski definition) is 2. The molecule has 1 aliphatic rings. The number of benzene rings is 1. The Morgan fingerprint density at radius 1 is 1.47 bits per heavy atom. The first-order valence-corrected chi connectivity index (χ1v) is 6.49. The Bertz CT molecular complexity index is 445. The molecule has 1 atom stereocenters. The average Bonchev–Trinajstić information content (AvgIpc) is 2.41. The summed E-state index contributed by atoms with van der Waals surface area (Å²) in [6.45, 7) is 1.49. The Labute approximate surface area is 112 Å². The van der Waals surface area contributed by atoms with Crippen molar-refractivity contribution in [3.05, 3.63) is 35.1 Å². The minimum atomic E-state index is -0.391. The molecule has 0 bridgehead atoms. The zero-order valence-corrected chi connectivity index (χ0v) is 10.8. The van der Waals surface area contributed by atoms with Crippen molar-refractivity contribution in [3.63, 3.8) is 0 Å². The zero-order valence-electron chi connectivity index (χ0n) is 10.8. The molecule has 1 heterocycles. The molecule has 1 unspecified atom stereocenters. The van der Waals surface area contributed by atoms with E-state index in [9.17, 15) is 4.39 Å². The first kappa shape index (κ1) is 14.0. The molecular formula is C14H19FN2O2. The third-order valence-corrected chi connectivity index (χ3v) is 3.20. The van der Waals surface area contributed by atoms with Gasteiger partial charge in [-0.25, -0.2) is 4.39 Å². The summed E-state index contributed by atoms with van der Waals surface area (Å²) in [7, 11) is 0. The third kappa shape index (κ3) is 4.01. The smallest absolute Gasteiger partial charge is 0.129 e. The second kappa shape index (κ2) is 6.63. The first-order valence-electron chi connectivity index (χ1n) is 6.49. The number of halogens is 1. The Balaban J connectivity index is 1.83. The molecule has 0 aromatic heterocycles. The molecule has 0 spiro atoms. The summed E-state index contributed by atoms with van der Waals surface area (Å²) in [5, 5.41) is 7.24. The number of rotatable bonds is 5. The monoisotopic (exact) mass is 266 g/mol. The van der Waals surface area contributed by atoms with Gasteiger partial charge in [-0.05, 0) is 25.3 Å². The largest absolute Gasteiger partial charge is 0.384 e. The van der Waals surface area contributed by atoms with E-state index in [-0.39, 0.29) is 18.5 Å². The lowest BCUT2D eigenvalue weighted by Gasteiger charge is -2.22. The van der Waals surface area contributed by atoms with Crippen LogP contribution in [-0.2, 0) is 16.1 Å². The van der Waals surface area contributed by atoms with Gasteiger partial charge in [-0.15, -0.1) is 0 Å². The van der Waals surface area contributed by atoms with Crippen LogP contribution in [0.1, 0.15) is 30.4 Å². The van der Waals surface area contributed by atoms with E-state index < -0.39 is 5.82 Å². The summed E-state index contributed by atoms with van der Waals surface area (Å²) in [6, 6.07) is 4.49. The molecule has 0 amide bonds. The fourth-order valence-electron chi connectivity index (χ4n) is 2.07. The van der Waals surface area contributed by atoms with Crippen LogP contribution < -0.4 is 5.73 Å². The Kier molecular flexibility index (Phi) is 4.87. The zero-order chi connectivity index (χ0) is 13.7. The van der Waals surface area contributed by atoms with Crippen LogP contribution >= 0.6 is 0 Å². The van der Waals surface area contributed by atoms with Crippen molar-refractivity contribution >= 4 is 5.84 Å². The molecule has 104 valence electrons. The van der Waals surface area contributed by atoms with Gasteiger partial charge < -0.3 is 15.2 Å². The van der Waals surface area contributed by atoms with Gasteiger partial charge in [-0.2, -0.15) is 0 Å². The molecular weight excluding hydrogens is 247 g/mol. The summed E-state index contributed by atoms with van der Waals surface area (Å²) in [4.78, 5) is 0. The summed E-state index contributed by atoms with van der Waals surface area (Å²) in [5.74, 6) is -0.528. The van der Waals surface area contributed by atoms with Crippen LogP contribution in [0.2, 0.25) is 0 Å². The lowest BCUT2D eigenvalue weighted by atomic mass is 10.1. The molecule has 0 saturated carbocycles. The van der Waals surface area contributed by atoms with Gasteiger partial charge in [-0.1, -0.05) is 12.1 Å². The maximum absolute atomic E-state index is 13.7. The van der Waals surface area contributed by atoms with Crippen molar-refractivity contribution in [3.8, 4) is 0 Å². The van der Waals surface area contributed by atoms with Crippen LogP contribution in [-0.4, -0.2) is 25.2 Å². The van der Waals surface area contributed by atoms with Gasteiger partial charge in [0.1, 0.15) is 11.7 Å². The third-order valence-electron chi connectivity index (χ3n) is 3.20. The van der Waals surface area contributed by atoms with Crippen LogP contribution in [0, 0.1) is 11.2 Å². The molecule has 4 nitrogen and oxygen atoms in total. The van der Waals surface area contributed by atoms with Crippen molar-refractivity contribution in [1.29, 1.82) is 5.41 Å². The highest BCUT2D eigenvalue weighted by atomic mass is 19.1. The van der Waals surface area contributed by atoms with E-state index in [0.717, 1.165) is 25.9 Å². The minimum absolute atomic E-state index is 0.133. The molecule has 1 aromatic carbocycles. The minimum Gasteiger partial charge on any atom is -0.384 e. The van der Waals surface area contributed by atoms with Crippen LogP contribution in [0.15, 0.2) is 18.2 Å². The second-order valence-corrected chi connectivity index (χ2v) is 4.72. The molecule has 3 N–H and O–H groups in total. The Morgan fingerprint density at radius 2 is 2.32 bits per heavy atom. The van der Waals surface area contributed by atoms with Gasteiger partial charge in [0, 0.05) is 17.7 Å². The number of hydrogen-bond acceptors (Lipinski definition) is 3. The highest BCUT2D eigenvalue weighted by Crippen LogP contribution is 2.15. The number of amidine groups is 1. The normalized spacial score (nSPS) is 19.3. The summed E-state index contributed by atoms with van der Waals surface area (Å²) < 4.78 is 24.7. The maximum Gasteiger partial charge on any atom is 0.129 e. The van der Waals surface area contributed by atoms with Gasteiger partial charge >= 0.3 is 0 Å². The van der Waals surface area contributed by atoms with Crippen molar-refractivity contribution in [2.24, 2.45) is 5.73 Å². The van der Waals surface area contributed by atoms with Gasteiger partial charge in [0.25, 0.3) is 0 Å². The summed E-state index contributed by atoms with van der Waals surface area (Å²) in [5.41, 5.74) is 6.16. The van der Waals surface area contributed by atoms with E-state index in [4.69, 9.17) is 20.6 Å². The van der Waals surface area contributed by atoms with E-state index in [2.05, 4.69) is 0 Å². The quantitative estimate of drug-likeness (QED) is 0.634. The van der Waals surface area contributed by atoms with Crippen molar-refractivity contribution in [2.75, 3.05) is 13.2 Å². The molecule has 1 aromatic rings. The number of nitrogens with one attached hydrogen (secondary N) is 1. The molecule has 1 fully saturated rings. The topological polar surface area (TPSA) is 68.3 Å². The second-order valence-electron chi connectivity index (χ2n) is 4.72. The number of ether oxygens (including phenoxy) is 2. The average molecular weight is 266 g/mol. The SMILES string of the molecule is N=C(N)c1ccc(COCC2CCCCO2)c(F)c1. The fourth-order valence-corrected chi connectivity index (χ4v) is 2.07. The molecule has 19 heavy (non-hydrogen) atoms. The van der Waals surface area contributed by atoms with E-state index in [1.807, 2.05) is 0 Å². The lowest BCUT2D eigenvalue weighted by molar-refractivity contribution is -0.0451. The number of nitrogens with two attached hydrogens (primary N) is 1. The Morgan fingerprint density at radius 3 is 2.95 bits per heavy atom.